The number of aryl methyl sites for hydroxylation is 1. The Labute approximate surface area is 176 Å². The molecule has 0 fully saturated rings. The molecule has 0 radical (unpaired) electrons. The van der Waals surface area contributed by atoms with E-state index >= 15 is 0 Å². The second kappa shape index (κ2) is 8.65. The second-order valence-electron chi connectivity index (χ2n) is 8.07. The molecular weight excluding hydrogens is 380 g/mol. The molecule has 0 bridgehead atoms. The Hall–Kier alpha value is -3.22. The molecule has 0 spiro atoms. The van der Waals surface area contributed by atoms with Crippen molar-refractivity contribution in [2.75, 3.05) is 5.32 Å². The minimum absolute atomic E-state index is 0.0977. The second-order valence-corrected chi connectivity index (χ2v) is 8.07. The number of benzene rings is 1. The van der Waals surface area contributed by atoms with Crippen molar-refractivity contribution < 1.29 is 14.3 Å². The molecule has 7 heteroatoms. The number of aromatic nitrogens is 3. The van der Waals surface area contributed by atoms with Gasteiger partial charge in [-0.25, -0.2) is 14.5 Å². The van der Waals surface area contributed by atoms with Crippen LogP contribution < -0.4 is 5.32 Å². The smallest absolute Gasteiger partial charge is 0.339 e. The molecule has 3 aromatic rings. The Balaban J connectivity index is 1.85. The molecule has 1 atom stereocenters. The average molecular weight is 409 g/mol. The van der Waals surface area contributed by atoms with Gasteiger partial charge in [0.1, 0.15) is 0 Å². The molecule has 1 amide bonds. The Morgan fingerprint density at radius 3 is 2.33 bits per heavy atom. The molecule has 7 nitrogen and oxygen atoms in total. The summed E-state index contributed by atoms with van der Waals surface area (Å²) in [5.74, 6) is -0.836. The number of rotatable bonds is 6. The first kappa shape index (κ1) is 21.5. The maximum atomic E-state index is 13.0. The van der Waals surface area contributed by atoms with Gasteiger partial charge in [0.15, 0.2) is 11.8 Å². The van der Waals surface area contributed by atoms with Crippen LogP contribution in [-0.2, 0) is 9.53 Å². The minimum Gasteiger partial charge on any atom is -0.449 e. The van der Waals surface area contributed by atoms with Gasteiger partial charge in [-0.3, -0.25) is 4.79 Å². The summed E-state index contributed by atoms with van der Waals surface area (Å²) in [6, 6.07) is 9.25. The third-order valence-corrected chi connectivity index (χ3v) is 4.86. The number of nitrogens with one attached hydrogen (secondary N) is 1. The van der Waals surface area contributed by atoms with Gasteiger partial charge in [0.05, 0.1) is 17.1 Å². The number of fused-ring (bicyclic) bond motifs is 1. The van der Waals surface area contributed by atoms with Gasteiger partial charge in [-0.05, 0) is 51.8 Å². The molecule has 0 saturated heterocycles. The first-order chi connectivity index (χ1) is 14.2. The largest absolute Gasteiger partial charge is 0.449 e. The molecule has 158 valence electrons. The van der Waals surface area contributed by atoms with Crippen LogP contribution in [0.25, 0.3) is 11.0 Å². The predicted octanol–water partition coefficient (Wildman–Crippen LogP) is 4.63. The molecule has 0 aliphatic rings. The van der Waals surface area contributed by atoms with Crippen LogP contribution in [0.2, 0.25) is 0 Å². The maximum Gasteiger partial charge on any atom is 0.339 e. The van der Waals surface area contributed by atoms with Gasteiger partial charge in [-0.1, -0.05) is 31.5 Å². The lowest BCUT2D eigenvalue weighted by atomic mass is 10.1. The summed E-state index contributed by atoms with van der Waals surface area (Å²) >= 11 is 0. The number of hydrogen-bond donors (Lipinski definition) is 1. The molecular formula is C23H28N4O3. The number of anilines is 1. The van der Waals surface area contributed by atoms with Crippen LogP contribution in [0.1, 0.15) is 68.2 Å². The number of ether oxygens (including phenoxy) is 1. The van der Waals surface area contributed by atoms with Crippen LogP contribution in [0.15, 0.2) is 36.5 Å². The fourth-order valence-corrected chi connectivity index (χ4v) is 3.04. The SMILES string of the molecule is Cc1ccc(NC(=O)[C@H](C)OC(=O)c2cc(C(C)C)nc3c2cnn3C(C)C)cc1. The minimum atomic E-state index is -0.954. The van der Waals surface area contributed by atoms with Gasteiger partial charge >= 0.3 is 5.97 Å². The molecule has 1 N–H and O–H groups in total. The molecule has 1 aromatic carbocycles. The molecule has 2 heterocycles. The Morgan fingerprint density at radius 1 is 1.07 bits per heavy atom. The van der Waals surface area contributed by atoms with E-state index in [1.165, 1.54) is 0 Å². The van der Waals surface area contributed by atoms with E-state index in [1.54, 1.807) is 23.9 Å². The molecule has 2 aromatic heterocycles. The highest BCUT2D eigenvalue weighted by Gasteiger charge is 2.24. The summed E-state index contributed by atoms with van der Waals surface area (Å²) in [6.45, 7) is 11.6. The number of carbonyl (C=O) groups excluding carboxylic acids is 2. The van der Waals surface area contributed by atoms with Crippen molar-refractivity contribution in [3.8, 4) is 0 Å². The van der Waals surface area contributed by atoms with E-state index in [9.17, 15) is 9.59 Å². The topological polar surface area (TPSA) is 86.1 Å². The quantitative estimate of drug-likeness (QED) is 0.601. The Bertz CT molecular complexity index is 1070. The summed E-state index contributed by atoms with van der Waals surface area (Å²) in [5.41, 5.74) is 3.52. The fraction of sp³-hybridized carbons (Fsp3) is 0.391. The zero-order chi connectivity index (χ0) is 22.0. The number of hydrogen-bond acceptors (Lipinski definition) is 5. The van der Waals surface area contributed by atoms with Crippen molar-refractivity contribution >= 4 is 28.6 Å². The fourth-order valence-electron chi connectivity index (χ4n) is 3.04. The molecule has 0 unspecified atom stereocenters. The van der Waals surface area contributed by atoms with Crippen LogP contribution in [0.5, 0.6) is 0 Å². The Kier molecular flexibility index (Phi) is 6.20. The van der Waals surface area contributed by atoms with Crippen molar-refractivity contribution in [3.63, 3.8) is 0 Å². The highest BCUT2D eigenvalue weighted by Crippen LogP contribution is 2.25. The lowest BCUT2D eigenvalue weighted by molar-refractivity contribution is -0.123. The average Bonchev–Trinajstić information content (AvgIpc) is 3.13. The highest BCUT2D eigenvalue weighted by atomic mass is 16.5. The van der Waals surface area contributed by atoms with Crippen LogP contribution in [0.3, 0.4) is 0 Å². The third kappa shape index (κ3) is 4.50. The predicted molar refractivity (Wildman–Crippen MR) is 117 cm³/mol. The van der Waals surface area contributed by atoms with Crippen LogP contribution >= 0.6 is 0 Å². The monoisotopic (exact) mass is 408 g/mol. The van der Waals surface area contributed by atoms with E-state index in [-0.39, 0.29) is 17.9 Å². The van der Waals surface area contributed by atoms with Crippen molar-refractivity contribution in [3.05, 3.63) is 53.3 Å². The van der Waals surface area contributed by atoms with Gasteiger partial charge < -0.3 is 10.1 Å². The van der Waals surface area contributed by atoms with Crippen molar-refractivity contribution in [1.82, 2.24) is 14.8 Å². The number of nitrogens with zero attached hydrogens (tertiary/aromatic N) is 3. The van der Waals surface area contributed by atoms with Gasteiger partial charge in [0.25, 0.3) is 5.91 Å². The van der Waals surface area contributed by atoms with E-state index in [0.29, 0.717) is 22.3 Å². The molecule has 0 aliphatic heterocycles. The van der Waals surface area contributed by atoms with Crippen molar-refractivity contribution in [2.24, 2.45) is 0 Å². The van der Waals surface area contributed by atoms with Crippen LogP contribution in [0.4, 0.5) is 5.69 Å². The highest BCUT2D eigenvalue weighted by molar-refractivity contribution is 6.04. The normalized spacial score (nSPS) is 12.4. The van der Waals surface area contributed by atoms with Crippen molar-refractivity contribution in [1.29, 1.82) is 0 Å². The lowest BCUT2D eigenvalue weighted by Gasteiger charge is -2.15. The zero-order valence-electron chi connectivity index (χ0n) is 18.3. The number of esters is 1. The first-order valence-corrected chi connectivity index (χ1v) is 10.1. The van der Waals surface area contributed by atoms with Crippen LogP contribution in [0, 0.1) is 6.92 Å². The summed E-state index contributed by atoms with van der Waals surface area (Å²) in [5, 5.41) is 7.76. The van der Waals surface area contributed by atoms with E-state index < -0.39 is 12.1 Å². The van der Waals surface area contributed by atoms with E-state index in [0.717, 1.165) is 11.3 Å². The summed E-state index contributed by atoms with van der Waals surface area (Å²) < 4.78 is 7.27. The molecule has 30 heavy (non-hydrogen) atoms. The van der Waals surface area contributed by atoms with E-state index in [4.69, 9.17) is 4.74 Å². The molecule has 3 rings (SSSR count). The van der Waals surface area contributed by atoms with E-state index in [2.05, 4.69) is 15.4 Å². The van der Waals surface area contributed by atoms with Gasteiger partial charge in [-0.15, -0.1) is 0 Å². The maximum absolute atomic E-state index is 13.0. The summed E-state index contributed by atoms with van der Waals surface area (Å²) in [6.07, 6.45) is 0.671. The Morgan fingerprint density at radius 2 is 1.73 bits per heavy atom. The number of pyridine rings is 1. The van der Waals surface area contributed by atoms with Crippen LogP contribution in [-0.4, -0.2) is 32.7 Å². The van der Waals surface area contributed by atoms with Gasteiger partial charge in [-0.2, -0.15) is 5.10 Å². The number of carbonyl (C=O) groups is 2. The van der Waals surface area contributed by atoms with Gasteiger partial charge in [0.2, 0.25) is 0 Å². The molecule has 0 aliphatic carbocycles. The third-order valence-electron chi connectivity index (χ3n) is 4.86. The lowest BCUT2D eigenvalue weighted by Crippen LogP contribution is -2.30. The van der Waals surface area contributed by atoms with Crippen molar-refractivity contribution in [2.45, 2.75) is 59.6 Å². The summed E-state index contributed by atoms with van der Waals surface area (Å²) in [7, 11) is 0. The van der Waals surface area contributed by atoms with Gasteiger partial charge in [0, 0.05) is 17.4 Å². The summed E-state index contributed by atoms with van der Waals surface area (Å²) in [4.78, 5) is 30.1. The standard InChI is InChI=1S/C23H28N4O3/c1-13(2)20-11-18(19-12-24-27(14(3)4)21(19)26-20)23(29)30-16(6)22(28)25-17-9-7-15(5)8-10-17/h7-14,16H,1-6H3,(H,25,28)/t16-/m0/s1. The van der Waals surface area contributed by atoms with E-state index in [1.807, 2.05) is 58.9 Å². The molecule has 0 saturated carbocycles. The zero-order valence-corrected chi connectivity index (χ0v) is 18.3. The number of amides is 1. The first-order valence-electron chi connectivity index (χ1n) is 10.1.